The SMILES string of the molecule is CC1CCN(c2ccc(N3CCN(C(=O)c4ccc(I)cc4)CC3)nn2)CC1. The first-order chi connectivity index (χ1) is 13.6. The van der Waals surface area contributed by atoms with Crippen LogP contribution in [0, 0.1) is 9.49 Å². The van der Waals surface area contributed by atoms with Crippen molar-refractivity contribution in [2.75, 3.05) is 49.1 Å². The van der Waals surface area contributed by atoms with Crippen LogP contribution in [0.15, 0.2) is 36.4 Å². The third kappa shape index (κ3) is 4.39. The molecule has 0 atom stereocenters. The molecule has 6 nitrogen and oxygen atoms in total. The first-order valence-electron chi connectivity index (χ1n) is 9.98. The Balaban J connectivity index is 1.33. The fraction of sp³-hybridized carbons (Fsp3) is 0.476. The third-order valence-corrected chi connectivity index (χ3v) is 6.45. The van der Waals surface area contributed by atoms with Crippen LogP contribution in [0.3, 0.4) is 0 Å². The van der Waals surface area contributed by atoms with Gasteiger partial charge < -0.3 is 14.7 Å². The maximum Gasteiger partial charge on any atom is 0.253 e. The third-order valence-electron chi connectivity index (χ3n) is 5.73. The summed E-state index contributed by atoms with van der Waals surface area (Å²) in [6, 6.07) is 11.9. The molecule has 4 rings (SSSR count). The van der Waals surface area contributed by atoms with Crippen LogP contribution >= 0.6 is 22.6 Å². The van der Waals surface area contributed by atoms with Gasteiger partial charge in [0, 0.05) is 48.4 Å². The minimum atomic E-state index is 0.108. The molecule has 1 aromatic heterocycles. The van der Waals surface area contributed by atoms with Crippen molar-refractivity contribution < 1.29 is 4.79 Å². The molecule has 0 bridgehead atoms. The Morgan fingerprint density at radius 3 is 1.93 bits per heavy atom. The summed E-state index contributed by atoms with van der Waals surface area (Å²) < 4.78 is 1.14. The van der Waals surface area contributed by atoms with Gasteiger partial charge >= 0.3 is 0 Å². The van der Waals surface area contributed by atoms with Gasteiger partial charge in [-0.05, 0) is 77.7 Å². The zero-order chi connectivity index (χ0) is 19.5. The van der Waals surface area contributed by atoms with Crippen LogP contribution in [-0.4, -0.2) is 60.3 Å². The number of carbonyl (C=O) groups excluding carboxylic acids is 1. The predicted molar refractivity (Wildman–Crippen MR) is 120 cm³/mol. The van der Waals surface area contributed by atoms with Gasteiger partial charge in [0.2, 0.25) is 0 Å². The Labute approximate surface area is 180 Å². The molecule has 148 valence electrons. The number of hydrogen-bond acceptors (Lipinski definition) is 5. The Morgan fingerprint density at radius 2 is 1.39 bits per heavy atom. The van der Waals surface area contributed by atoms with Gasteiger partial charge in [-0.1, -0.05) is 6.92 Å². The highest BCUT2D eigenvalue weighted by molar-refractivity contribution is 14.1. The average Bonchev–Trinajstić information content (AvgIpc) is 2.75. The summed E-state index contributed by atoms with van der Waals surface area (Å²) in [5.41, 5.74) is 0.758. The minimum absolute atomic E-state index is 0.108. The molecule has 0 N–H and O–H groups in total. The first-order valence-corrected chi connectivity index (χ1v) is 11.1. The predicted octanol–water partition coefficient (Wildman–Crippen LogP) is 3.28. The summed E-state index contributed by atoms with van der Waals surface area (Å²) in [5, 5.41) is 8.93. The molecule has 0 aliphatic carbocycles. The number of piperazine rings is 1. The highest BCUT2D eigenvalue weighted by Gasteiger charge is 2.23. The molecule has 0 unspecified atom stereocenters. The standard InChI is InChI=1S/C21H26IN5O/c1-16-8-10-25(11-9-16)19-6-7-20(24-23-19)26-12-14-27(15-13-26)21(28)17-2-4-18(22)5-3-17/h2-7,16H,8-15H2,1H3. The number of aromatic nitrogens is 2. The van der Waals surface area contributed by atoms with E-state index in [-0.39, 0.29) is 5.91 Å². The number of anilines is 2. The van der Waals surface area contributed by atoms with Crippen molar-refractivity contribution in [3.05, 3.63) is 45.5 Å². The van der Waals surface area contributed by atoms with Gasteiger partial charge in [0.15, 0.2) is 11.6 Å². The number of hydrogen-bond donors (Lipinski definition) is 0. The molecule has 1 amide bonds. The quantitative estimate of drug-likeness (QED) is 0.618. The molecule has 2 aliphatic heterocycles. The molecule has 2 saturated heterocycles. The fourth-order valence-corrected chi connectivity index (χ4v) is 4.17. The van der Waals surface area contributed by atoms with Gasteiger partial charge in [-0.3, -0.25) is 4.79 Å². The first kappa shape index (κ1) is 19.4. The smallest absolute Gasteiger partial charge is 0.253 e. The lowest BCUT2D eigenvalue weighted by Gasteiger charge is -2.35. The van der Waals surface area contributed by atoms with E-state index in [1.54, 1.807) is 0 Å². The van der Waals surface area contributed by atoms with Gasteiger partial charge in [0.25, 0.3) is 5.91 Å². The van der Waals surface area contributed by atoms with Crippen molar-refractivity contribution in [1.82, 2.24) is 15.1 Å². The number of halogens is 1. The topological polar surface area (TPSA) is 52.6 Å². The van der Waals surface area contributed by atoms with E-state index in [9.17, 15) is 4.79 Å². The molecule has 2 aliphatic rings. The number of nitrogens with zero attached hydrogens (tertiary/aromatic N) is 5. The lowest BCUT2D eigenvalue weighted by molar-refractivity contribution is 0.0746. The summed E-state index contributed by atoms with van der Waals surface area (Å²) in [6.45, 7) is 7.42. The molecule has 7 heteroatoms. The van der Waals surface area contributed by atoms with Crippen LogP contribution in [0.2, 0.25) is 0 Å². The van der Waals surface area contributed by atoms with Gasteiger partial charge in [-0.25, -0.2) is 0 Å². The molecular weight excluding hydrogens is 465 g/mol. The number of benzene rings is 1. The second kappa shape index (κ2) is 8.63. The van der Waals surface area contributed by atoms with Crippen LogP contribution in [0.5, 0.6) is 0 Å². The van der Waals surface area contributed by atoms with E-state index >= 15 is 0 Å². The number of piperidine rings is 1. The lowest BCUT2D eigenvalue weighted by Crippen LogP contribution is -2.49. The molecule has 0 saturated carbocycles. The zero-order valence-corrected chi connectivity index (χ0v) is 18.4. The summed E-state index contributed by atoms with van der Waals surface area (Å²) >= 11 is 2.25. The molecule has 2 aromatic rings. The van der Waals surface area contributed by atoms with Crippen molar-refractivity contribution in [3.63, 3.8) is 0 Å². The highest BCUT2D eigenvalue weighted by atomic mass is 127. The van der Waals surface area contributed by atoms with E-state index < -0.39 is 0 Å². The van der Waals surface area contributed by atoms with Crippen LogP contribution < -0.4 is 9.80 Å². The van der Waals surface area contributed by atoms with E-state index in [2.05, 4.69) is 61.6 Å². The second-order valence-corrected chi connectivity index (χ2v) is 8.95. The van der Waals surface area contributed by atoms with Gasteiger partial charge in [-0.15, -0.1) is 10.2 Å². The van der Waals surface area contributed by atoms with E-state index in [1.165, 1.54) is 12.8 Å². The Kier molecular flexibility index (Phi) is 5.99. The molecule has 1 aromatic carbocycles. The van der Waals surface area contributed by atoms with Crippen molar-refractivity contribution in [3.8, 4) is 0 Å². The normalized spacial score (nSPS) is 18.4. The summed E-state index contributed by atoms with van der Waals surface area (Å²) in [7, 11) is 0. The molecule has 3 heterocycles. The molecular formula is C21H26IN5O. The van der Waals surface area contributed by atoms with E-state index in [0.29, 0.717) is 13.1 Å². The minimum Gasteiger partial charge on any atom is -0.355 e. The van der Waals surface area contributed by atoms with Crippen molar-refractivity contribution >= 4 is 40.1 Å². The van der Waals surface area contributed by atoms with Gasteiger partial charge in [0.1, 0.15) is 0 Å². The largest absolute Gasteiger partial charge is 0.355 e. The van der Waals surface area contributed by atoms with Crippen LogP contribution in [0.25, 0.3) is 0 Å². The van der Waals surface area contributed by atoms with Gasteiger partial charge in [0.05, 0.1) is 0 Å². The van der Waals surface area contributed by atoms with Crippen LogP contribution in [0.4, 0.5) is 11.6 Å². The van der Waals surface area contributed by atoms with E-state index in [0.717, 1.165) is 52.9 Å². The second-order valence-electron chi connectivity index (χ2n) is 7.71. The monoisotopic (exact) mass is 491 g/mol. The summed E-state index contributed by atoms with van der Waals surface area (Å²) in [4.78, 5) is 19.1. The maximum atomic E-state index is 12.7. The Morgan fingerprint density at radius 1 is 0.857 bits per heavy atom. The molecule has 2 fully saturated rings. The number of amides is 1. The number of rotatable bonds is 3. The number of carbonyl (C=O) groups is 1. The molecule has 0 radical (unpaired) electrons. The van der Waals surface area contributed by atoms with Gasteiger partial charge in [-0.2, -0.15) is 0 Å². The van der Waals surface area contributed by atoms with Crippen LogP contribution in [0.1, 0.15) is 30.1 Å². The Bertz CT molecular complexity index is 795. The summed E-state index contributed by atoms with van der Waals surface area (Å²) in [6.07, 6.45) is 2.44. The van der Waals surface area contributed by atoms with Crippen molar-refractivity contribution in [2.45, 2.75) is 19.8 Å². The maximum absolute atomic E-state index is 12.7. The molecule has 0 spiro atoms. The van der Waals surface area contributed by atoms with E-state index in [1.807, 2.05) is 29.2 Å². The summed E-state index contributed by atoms with van der Waals surface area (Å²) in [5.74, 6) is 2.79. The fourth-order valence-electron chi connectivity index (χ4n) is 3.81. The molecule has 28 heavy (non-hydrogen) atoms. The average molecular weight is 491 g/mol. The van der Waals surface area contributed by atoms with Crippen LogP contribution in [-0.2, 0) is 0 Å². The zero-order valence-electron chi connectivity index (χ0n) is 16.2. The highest BCUT2D eigenvalue weighted by Crippen LogP contribution is 2.22. The lowest BCUT2D eigenvalue weighted by atomic mass is 9.99. The Hall–Kier alpha value is -1.90. The van der Waals surface area contributed by atoms with Crippen molar-refractivity contribution in [2.24, 2.45) is 5.92 Å². The van der Waals surface area contributed by atoms with E-state index in [4.69, 9.17) is 0 Å². The van der Waals surface area contributed by atoms with Crippen molar-refractivity contribution in [1.29, 1.82) is 0 Å².